The molecule has 4 heteroatoms. The molecule has 2 aromatic rings. The van der Waals surface area contributed by atoms with Gasteiger partial charge >= 0.3 is 0 Å². The summed E-state index contributed by atoms with van der Waals surface area (Å²) in [6, 6.07) is 10.9. The Morgan fingerprint density at radius 3 is 1.86 bits per heavy atom. The number of aliphatic hydroxyl groups excluding tert-OH is 1. The van der Waals surface area contributed by atoms with Crippen molar-refractivity contribution >= 4 is 12.4 Å². The van der Waals surface area contributed by atoms with Crippen molar-refractivity contribution in [1.29, 1.82) is 0 Å². The summed E-state index contributed by atoms with van der Waals surface area (Å²) < 4.78 is 0. The van der Waals surface area contributed by atoms with E-state index in [4.69, 9.17) is 5.11 Å². The highest BCUT2D eigenvalue weighted by molar-refractivity contribution is 5.85. The van der Waals surface area contributed by atoms with Crippen molar-refractivity contribution in [1.82, 2.24) is 9.97 Å². The number of aromatic amines is 1. The highest BCUT2D eigenvalue weighted by Gasteiger charge is 1.94. The number of halogens is 1. The smallest absolute Gasteiger partial charge is 0.108 e. The van der Waals surface area contributed by atoms with Gasteiger partial charge in [-0.3, -0.25) is 0 Å². The number of imidazole rings is 1. The summed E-state index contributed by atoms with van der Waals surface area (Å²) in [7, 11) is 0. The van der Waals surface area contributed by atoms with Crippen LogP contribution in [0.3, 0.4) is 0 Å². The molecule has 0 aliphatic heterocycles. The molecule has 2 N–H and O–H groups in total. The summed E-state index contributed by atoms with van der Waals surface area (Å²) in [5, 5.41) is 8.38. The van der Waals surface area contributed by atoms with Crippen LogP contribution in [0.1, 0.15) is 88.9 Å². The Hall–Kier alpha value is -1.32. The van der Waals surface area contributed by atoms with Gasteiger partial charge in [0.15, 0.2) is 0 Å². The second kappa shape index (κ2) is 20.4. The van der Waals surface area contributed by atoms with E-state index in [2.05, 4.69) is 47.2 Å². The van der Waals surface area contributed by atoms with Gasteiger partial charge in [-0.15, -0.1) is 12.4 Å². The molecule has 0 saturated carbocycles. The van der Waals surface area contributed by atoms with E-state index < -0.39 is 0 Å². The number of benzene rings is 1. The van der Waals surface area contributed by atoms with Crippen LogP contribution >= 0.6 is 12.4 Å². The molecule has 2 rings (SSSR count). The van der Waals surface area contributed by atoms with Crippen LogP contribution in [0, 0.1) is 0 Å². The average Bonchev–Trinajstić information content (AvgIpc) is 3.21. The second-order valence-corrected chi connectivity index (χ2v) is 7.28. The molecular formula is C24H41ClN2O. The van der Waals surface area contributed by atoms with Gasteiger partial charge in [0.2, 0.25) is 0 Å². The van der Waals surface area contributed by atoms with Crippen molar-refractivity contribution in [2.45, 2.75) is 90.4 Å². The quantitative estimate of drug-likeness (QED) is 0.333. The minimum atomic E-state index is 0. The van der Waals surface area contributed by atoms with Crippen LogP contribution in [0.15, 0.2) is 42.7 Å². The topological polar surface area (TPSA) is 48.9 Å². The lowest BCUT2D eigenvalue weighted by atomic mass is 10.0. The molecule has 1 aromatic heterocycles. The van der Waals surface area contributed by atoms with Crippen molar-refractivity contribution < 1.29 is 5.11 Å². The van der Waals surface area contributed by atoms with E-state index in [0.29, 0.717) is 6.42 Å². The number of aromatic nitrogens is 2. The van der Waals surface area contributed by atoms with Gasteiger partial charge in [0.05, 0.1) is 6.61 Å². The largest absolute Gasteiger partial charge is 0.396 e. The molecule has 0 aliphatic carbocycles. The van der Waals surface area contributed by atoms with Crippen molar-refractivity contribution in [2.24, 2.45) is 0 Å². The fraction of sp³-hybridized carbons (Fsp3) is 0.625. The van der Waals surface area contributed by atoms with E-state index in [0.717, 1.165) is 5.82 Å². The Kier molecular flexibility index (Phi) is 19.5. The molecule has 28 heavy (non-hydrogen) atoms. The molecule has 0 radical (unpaired) electrons. The Morgan fingerprint density at radius 2 is 1.36 bits per heavy atom. The van der Waals surface area contributed by atoms with E-state index in [9.17, 15) is 0 Å². The SMILES string of the molecule is CCCCCCCCCCCCCc1ccccc1.Cl.OCCc1ncc[nH]1. The lowest BCUT2D eigenvalue weighted by Gasteiger charge is -2.03. The van der Waals surface area contributed by atoms with Crippen LogP contribution in [0.4, 0.5) is 0 Å². The standard InChI is InChI=1S/C19H32.C5H8N2O.ClH/c1-2-3-4-5-6-7-8-9-10-11-13-16-19-17-14-12-15-18-19;8-4-1-5-6-2-3-7-5;/h12,14-15,17-18H,2-11,13,16H2,1H3;2-3,8H,1,4H2,(H,6,7);1H. The van der Waals surface area contributed by atoms with Gasteiger partial charge < -0.3 is 10.1 Å². The maximum absolute atomic E-state index is 8.38. The molecule has 0 unspecified atom stereocenters. The van der Waals surface area contributed by atoms with Gasteiger partial charge in [0.25, 0.3) is 0 Å². The Bertz CT molecular complexity index is 517. The molecule has 160 valence electrons. The highest BCUT2D eigenvalue weighted by Crippen LogP contribution is 2.12. The lowest BCUT2D eigenvalue weighted by Crippen LogP contribution is -1.91. The molecule has 0 amide bonds. The zero-order valence-corrected chi connectivity index (χ0v) is 18.6. The van der Waals surface area contributed by atoms with Crippen molar-refractivity contribution in [3.8, 4) is 0 Å². The number of rotatable bonds is 14. The third-order valence-corrected chi connectivity index (χ3v) is 4.82. The predicted molar refractivity (Wildman–Crippen MR) is 123 cm³/mol. The predicted octanol–water partition coefficient (Wildman–Crippen LogP) is 6.91. The fourth-order valence-corrected chi connectivity index (χ4v) is 3.18. The number of nitrogens with zero attached hydrogens (tertiary/aromatic N) is 1. The zero-order valence-electron chi connectivity index (χ0n) is 17.7. The summed E-state index contributed by atoms with van der Waals surface area (Å²) in [6.07, 6.45) is 21.0. The highest BCUT2D eigenvalue weighted by atomic mass is 35.5. The molecule has 1 heterocycles. The molecule has 0 bridgehead atoms. The zero-order chi connectivity index (χ0) is 19.4. The van der Waals surface area contributed by atoms with E-state index in [1.807, 2.05) is 0 Å². The molecule has 0 fully saturated rings. The average molecular weight is 409 g/mol. The van der Waals surface area contributed by atoms with E-state index in [1.54, 1.807) is 12.4 Å². The van der Waals surface area contributed by atoms with E-state index in [1.165, 1.54) is 82.6 Å². The molecule has 0 saturated heterocycles. The Morgan fingerprint density at radius 1 is 0.786 bits per heavy atom. The summed E-state index contributed by atoms with van der Waals surface area (Å²) in [6.45, 7) is 2.45. The second-order valence-electron chi connectivity index (χ2n) is 7.28. The molecule has 3 nitrogen and oxygen atoms in total. The van der Waals surface area contributed by atoms with Gasteiger partial charge in [0.1, 0.15) is 5.82 Å². The van der Waals surface area contributed by atoms with Crippen LogP contribution in [0.5, 0.6) is 0 Å². The number of aliphatic hydroxyl groups is 1. The summed E-state index contributed by atoms with van der Waals surface area (Å²) in [5.41, 5.74) is 1.50. The first kappa shape index (κ1) is 26.7. The minimum absolute atomic E-state index is 0. The number of hydrogen-bond acceptors (Lipinski definition) is 2. The van der Waals surface area contributed by atoms with E-state index in [-0.39, 0.29) is 19.0 Å². The monoisotopic (exact) mass is 408 g/mol. The summed E-state index contributed by atoms with van der Waals surface area (Å²) in [5.74, 6) is 0.840. The van der Waals surface area contributed by atoms with Crippen LogP contribution in [0.2, 0.25) is 0 Å². The van der Waals surface area contributed by atoms with Crippen molar-refractivity contribution in [3.05, 3.63) is 54.1 Å². The van der Waals surface area contributed by atoms with E-state index >= 15 is 0 Å². The number of H-pyrrole nitrogens is 1. The van der Waals surface area contributed by atoms with Crippen LogP contribution in [0.25, 0.3) is 0 Å². The molecule has 0 spiro atoms. The Labute approximate surface area is 178 Å². The van der Waals surface area contributed by atoms with Gasteiger partial charge in [-0.25, -0.2) is 4.98 Å². The number of nitrogens with one attached hydrogen (secondary N) is 1. The molecule has 0 atom stereocenters. The van der Waals surface area contributed by atoms with Crippen LogP contribution in [-0.4, -0.2) is 21.7 Å². The normalized spacial score (nSPS) is 10.1. The van der Waals surface area contributed by atoms with Crippen LogP contribution < -0.4 is 0 Å². The van der Waals surface area contributed by atoms with Crippen molar-refractivity contribution in [3.63, 3.8) is 0 Å². The number of hydrogen-bond donors (Lipinski definition) is 2. The van der Waals surface area contributed by atoms with Crippen LogP contribution in [-0.2, 0) is 12.8 Å². The third-order valence-electron chi connectivity index (χ3n) is 4.82. The number of unbranched alkanes of at least 4 members (excludes halogenated alkanes) is 10. The molecule has 0 aliphatic rings. The maximum atomic E-state index is 8.38. The first-order valence-electron chi connectivity index (χ1n) is 11.0. The van der Waals surface area contributed by atoms with Crippen molar-refractivity contribution in [2.75, 3.05) is 6.61 Å². The first-order chi connectivity index (χ1) is 13.4. The Balaban J connectivity index is 0.000000678. The fourth-order valence-electron chi connectivity index (χ4n) is 3.18. The van der Waals surface area contributed by atoms with Gasteiger partial charge in [0, 0.05) is 18.8 Å². The maximum Gasteiger partial charge on any atom is 0.108 e. The van der Waals surface area contributed by atoms with Gasteiger partial charge in [-0.1, -0.05) is 101 Å². The van der Waals surface area contributed by atoms with Gasteiger partial charge in [-0.2, -0.15) is 0 Å². The molecular weight excluding hydrogens is 368 g/mol. The summed E-state index contributed by atoms with van der Waals surface area (Å²) >= 11 is 0. The first-order valence-corrected chi connectivity index (χ1v) is 11.0. The lowest BCUT2D eigenvalue weighted by molar-refractivity contribution is 0.297. The third kappa shape index (κ3) is 15.7. The summed E-state index contributed by atoms with van der Waals surface area (Å²) in [4.78, 5) is 6.76. The minimum Gasteiger partial charge on any atom is -0.396 e. The van der Waals surface area contributed by atoms with Gasteiger partial charge in [-0.05, 0) is 18.4 Å². The molecule has 1 aromatic carbocycles. The number of aryl methyl sites for hydroxylation is 1.